The normalized spacial score (nSPS) is 12.3. The summed E-state index contributed by atoms with van der Waals surface area (Å²) < 4.78 is 4.76. The Balaban J connectivity index is 3.89. The van der Waals surface area contributed by atoms with Crippen LogP contribution in [0.2, 0.25) is 0 Å². The first-order valence-electron chi connectivity index (χ1n) is 3.75. The predicted octanol–water partition coefficient (Wildman–Crippen LogP) is 1.31. The molecule has 0 aliphatic rings. The van der Waals surface area contributed by atoms with E-state index in [-0.39, 0.29) is 5.78 Å². The predicted molar refractivity (Wildman–Crippen MR) is 41.1 cm³/mol. The van der Waals surface area contributed by atoms with Crippen molar-refractivity contribution in [1.82, 2.24) is 0 Å². The second kappa shape index (κ2) is 4.88. The van der Waals surface area contributed by atoms with E-state index in [0.717, 1.165) is 6.42 Å². The average Bonchev–Trinajstić information content (AvgIpc) is 1.86. The highest BCUT2D eigenvalue weighted by atomic mass is 16.5. The van der Waals surface area contributed by atoms with Crippen molar-refractivity contribution in [3.8, 4) is 0 Å². The number of rotatable bonds is 4. The van der Waals surface area contributed by atoms with E-state index in [1.165, 1.54) is 13.8 Å². The lowest BCUT2D eigenvalue weighted by atomic mass is 10.1. The van der Waals surface area contributed by atoms with Gasteiger partial charge in [0.1, 0.15) is 0 Å². The van der Waals surface area contributed by atoms with Gasteiger partial charge in [-0.3, -0.25) is 9.59 Å². The molecule has 0 rings (SSSR count). The van der Waals surface area contributed by atoms with Crippen molar-refractivity contribution in [2.75, 3.05) is 0 Å². The summed E-state index contributed by atoms with van der Waals surface area (Å²) in [5, 5.41) is 0. The number of ether oxygens (including phenoxy) is 1. The Morgan fingerprint density at radius 1 is 1.36 bits per heavy atom. The molecule has 11 heavy (non-hydrogen) atoms. The molecule has 0 aromatic carbocycles. The average molecular weight is 158 g/mol. The van der Waals surface area contributed by atoms with Crippen LogP contribution in [-0.4, -0.2) is 17.9 Å². The molecule has 1 atom stereocenters. The van der Waals surface area contributed by atoms with Crippen molar-refractivity contribution in [1.29, 1.82) is 0 Å². The Hall–Kier alpha value is -0.860. The summed E-state index contributed by atoms with van der Waals surface area (Å²) in [6.07, 6.45) is 0.935. The van der Waals surface area contributed by atoms with Crippen LogP contribution in [0.25, 0.3) is 0 Å². The number of carbonyl (C=O) groups excluding carboxylic acids is 2. The fourth-order valence-corrected chi connectivity index (χ4v) is 0.808. The second-order valence-electron chi connectivity index (χ2n) is 2.50. The van der Waals surface area contributed by atoms with Crippen LogP contribution in [0.4, 0.5) is 0 Å². The van der Waals surface area contributed by atoms with Gasteiger partial charge in [-0.15, -0.1) is 0 Å². The minimum atomic E-state index is -0.530. The fourth-order valence-electron chi connectivity index (χ4n) is 0.808. The topological polar surface area (TPSA) is 43.4 Å². The van der Waals surface area contributed by atoms with Crippen molar-refractivity contribution < 1.29 is 14.3 Å². The van der Waals surface area contributed by atoms with Crippen LogP contribution in [0.5, 0.6) is 0 Å². The molecule has 0 bridgehead atoms. The van der Waals surface area contributed by atoms with E-state index in [2.05, 4.69) is 0 Å². The Bertz CT molecular complexity index is 151. The minimum absolute atomic E-state index is 0.0814. The number of esters is 1. The van der Waals surface area contributed by atoms with Gasteiger partial charge in [0.05, 0.1) is 0 Å². The smallest absolute Gasteiger partial charge is 0.303 e. The fraction of sp³-hybridized carbons (Fsp3) is 0.750. The first-order chi connectivity index (χ1) is 5.07. The summed E-state index contributed by atoms with van der Waals surface area (Å²) in [7, 11) is 0. The summed E-state index contributed by atoms with van der Waals surface area (Å²) in [5.41, 5.74) is 0. The van der Waals surface area contributed by atoms with Crippen LogP contribution < -0.4 is 0 Å². The number of carbonyl (C=O) groups is 2. The third-order valence-corrected chi connectivity index (χ3v) is 1.31. The molecule has 0 heterocycles. The van der Waals surface area contributed by atoms with Crippen LogP contribution in [0.1, 0.15) is 33.6 Å². The Labute approximate surface area is 66.7 Å². The maximum absolute atomic E-state index is 10.8. The van der Waals surface area contributed by atoms with Gasteiger partial charge in [0.25, 0.3) is 0 Å². The van der Waals surface area contributed by atoms with Crippen LogP contribution in [0, 0.1) is 0 Å². The molecule has 0 saturated carbocycles. The van der Waals surface area contributed by atoms with Gasteiger partial charge in [-0.2, -0.15) is 0 Å². The molecule has 0 saturated heterocycles. The Kier molecular flexibility index (Phi) is 4.50. The van der Waals surface area contributed by atoms with Gasteiger partial charge in [-0.05, 0) is 13.3 Å². The molecule has 0 N–H and O–H groups in total. The van der Waals surface area contributed by atoms with Gasteiger partial charge in [0.15, 0.2) is 11.9 Å². The maximum Gasteiger partial charge on any atom is 0.303 e. The van der Waals surface area contributed by atoms with Gasteiger partial charge in [-0.25, -0.2) is 0 Å². The molecular weight excluding hydrogens is 144 g/mol. The van der Waals surface area contributed by atoms with Crippen molar-refractivity contribution in [3.63, 3.8) is 0 Å². The molecule has 0 fully saturated rings. The van der Waals surface area contributed by atoms with Crippen molar-refractivity contribution in [2.24, 2.45) is 0 Å². The van der Waals surface area contributed by atoms with Gasteiger partial charge < -0.3 is 4.74 Å². The number of Topliss-reactive ketones (excluding diaryl/α,β-unsaturated/α-hetero) is 1. The summed E-state index contributed by atoms with van der Waals surface area (Å²) in [6.45, 7) is 4.69. The van der Waals surface area contributed by atoms with E-state index in [1.807, 2.05) is 6.92 Å². The quantitative estimate of drug-likeness (QED) is 0.579. The highest BCUT2D eigenvalue weighted by molar-refractivity contribution is 5.82. The van der Waals surface area contributed by atoms with E-state index in [1.54, 1.807) is 0 Å². The van der Waals surface area contributed by atoms with E-state index >= 15 is 0 Å². The van der Waals surface area contributed by atoms with E-state index in [9.17, 15) is 9.59 Å². The SMILES string of the molecule is CCC[C@@H](OC(C)=O)C(C)=O. The molecule has 0 aromatic rings. The zero-order valence-electron chi connectivity index (χ0n) is 7.22. The van der Waals surface area contributed by atoms with Gasteiger partial charge >= 0.3 is 5.97 Å². The zero-order valence-corrected chi connectivity index (χ0v) is 7.22. The van der Waals surface area contributed by atoms with Gasteiger partial charge in [-0.1, -0.05) is 13.3 Å². The van der Waals surface area contributed by atoms with Crippen LogP contribution >= 0.6 is 0 Å². The monoisotopic (exact) mass is 158 g/mol. The third-order valence-electron chi connectivity index (χ3n) is 1.31. The number of ketones is 1. The largest absolute Gasteiger partial charge is 0.455 e. The second-order valence-corrected chi connectivity index (χ2v) is 2.50. The molecule has 0 aromatic heterocycles. The lowest BCUT2D eigenvalue weighted by Gasteiger charge is -2.11. The van der Waals surface area contributed by atoms with Crippen molar-refractivity contribution in [2.45, 2.75) is 39.7 Å². The van der Waals surface area contributed by atoms with Crippen LogP contribution in [0.15, 0.2) is 0 Å². The standard InChI is InChI=1S/C8H14O3/c1-4-5-8(6(2)9)11-7(3)10/h8H,4-5H2,1-3H3/t8-/m1/s1. The molecule has 3 nitrogen and oxygen atoms in total. The van der Waals surface area contributed by atoms with E-state index < -0.39 is 12.1 Å². The summed E-state index contributed by atoms with van der Waals surface area (Å²) >= 11 is 0. The summed E-state index contributed by atoms with van der Waals surface area (Å²) in [4.78, 5) is 21.3. The molecule has 0 amide bonds. The molecule has 0 unspecified atom stereocenters. The van der Waals surface area contributed by atoms with Crippen molar-refractivity contribution in [3.05, 3.63) is 0 Å². The first kappa shape index (κ1) is 10.1. The van der Waals surface area contributed by atoms with Crippen molar-refractivity contribution >= 4 is 11.8 Å². The molecule has 0 spiro atoms. The highest BCUT2D eigenvalue weighted by Gasteiger charge is 2.15. The summed E-state index contributed by atoms with van der Waals surface area (Å²) in [5.74, 6) is -0.472. The maximum atomic E-state index is 10.8. The first-order valence-corrected chi connectivity index (χ1v) is 3.75. The zero-order chi connectivity index (χ0) is 8.85. The molecule has 0 aliphatic heterocycles. The lowest BCUT2D eigenvalue weighted by molar-refractivity contribution is -0.152. The van der Waals surface area contributed by atoms with Crippen LogP contribution in [-0.2, 0) is 14.3 Å². The molecule has 0 aliphatic carbocycles. The Morgan fingerprint density at radius 3 is 2.18 bits per heavy atom. The lowest BCUT2D eigenvalue weighted by Crippen LogP contribution is -2.23. The minimum Gasteiger partial charge on any atom is -0.455 e. The van der Waals surface area contributed by atoms with Gasteiger partial charge in [0.2, 0.25) is 0 Å². The molecule has 0 radical (unpaired) electrons. The summed E-state index contributed by atoms with van der Waals surface area (Å²) in [6, 6.07) is 0. The number of hydrogen-bond donors (Lipinski definition) is 0. The number of hydrogen-bond acceptors (Lipinski definition) is 3. The molecule has 64 valence electrons. The highest BCUT2D eigenvalue weighted by Crippen LogP contribution is 2.03. The Morgan fingerprint density at radius 2 is 1.91 bits per heavy atom. The van der Waals surface area contributed by atoms with E-state index in [4.69, 9.17) is 4.74 Å². The van der Waals surface area contributed by atoms with Gasteiger partial charge in [0, 0.05) is 6.92 Å². The van der Waals surface area contributed by atoms with E-state index in [0.29, 0.717) is 6.42 Å². The third kappa shape index (κ3) is 4.53. The van der Waals surface area contributed by atoms with Crippen LogP contribution in [0.3, 0.4) is 0 Å². The molecular formula is C8H14O3. The molecule has 3 heteroatoms.